The zero-order valence-electron chi connectivity index (χ0n) is 62.3. The van der Waals surface area contributed by atoms with Gasteiger partial charge in [0.15, 0.2) is 18.9 Å². The predicted molar refractivity (Wildman–Crippen MR) is 388 cm³/mol. The molecule has 0 radical (unpaired) electrons. The van der Waals surface area contributed by atoms with Gasteiger partial charge < -0.3 is 89.9 Å². The summed E-state index contributed by atoms with van der Waals surface area (Å²) in [5, 5.41) is 121. The van der Waals surface area contributed by atoms with Crippen LogP contribution in [0.1, 0.15) is 367 Å². The number of carbonyl (C=O) groups is 1. The molecule has 98 heavy (non-hydrogen) atoms. The lowest BCUT2D eigenvalue weighted by Gasteiger charge is -2.48. The molecule has 0 spiro atoms. The quantitative estimate of drug-likeness (QED) is 0.0252. The highest BCUT2D eigenvalue weighted by Crippen LogP contribution is 2.33. The summed E-state index contributed by atoms with van der Waals surface area (Å²) in [4.78, 5) is 13.5. The maximum atomic E-state index is 13.5. The van der Waals surface area contributed by atoms with Crippen LogP contribution in [0.25, 0.3) is 0 Å². The van der Waals surface area contributed by atoms with Gasteiger partial charge in [-0.3, -0.25) is 4.79 Å². The highest BCUT2D eigenvalue weighted by molar-refractivity contribution is 5.76. The van der Waals surface area contributed by atoms with Gasteiger partial charge in [0, 0.05) is 6.42 Å². The molecule has 582 valence electrons. The number of aliphatic hydroxyl groups excluding tert-OH is 11. The van der Waals surface area contributed by atoms with Crippen LogP contribution in [0.5, 0.6) is 0 Å². The molecule has 0 aromatic rings. The number of hydrogen-bond donors (Lipinski definition) is 12. The van der Waals surface area contributed by atoms with Crippen LogP contribution < -0.4 is 5.32 Å². The number of aliphatic hydroxyl groups is 11. The second kappa shape index (κ2) is 61.0. The molecule has 12 N–H and O–H groups in total. The molecule has 3 fully saturated rings. The van der Waals surface area contributed by atoms with Gasteiger partial charge >= 0.3 is 0 Å². The molecule has 0 aromatic heterocycles. The van der Waals surface area contributed by atoms with E-state index in [2.05, 4.69) is 19.2 Å². The molecule has 3 aliphatic heterocycles. The molecule has 0 saturated carbocycles. The van der Waals surface area contributed by atoms with Gasteiger partial charge in [-0.1, -0.05) is 348 Å². The van der Waals surface area contributed by atoms with Crippen molar-refractivity contribution in [2.75, 3.05) is 26.4 Å². The third-order valence-electron chi connectivity index (χ3n) is 21.2. The lowest BCUT2D eigenvalue weighted by molar-refractivity contribution is -0.379. The Balaban J connectivity index is 1.25. The van der Waals surface area contributed by atoms with Crippen molar-refractivity contribution < 1.29 is 89.4 Å². The number of carbonyl (C=O) groups excluding carboxylic acids is 1. The first kappa shape index (κ1) is 91.0. The lowest BCUT2D eigenvalue weighted by atomic mass is 9.96. The Bertz CT molecular complexity index is 1770. The normalized spacial score (nSPS) is 26.6. The van der Waals surface area contributed by atoms with E-state index in [4.69, 9.17) is 28.4 Å². The van der Waals surface area contributed by atoms with Crippen LogP contribution >= 0.6 is 0 Å². The molecular formula is C79H153NO18. The van der Waals surface area contributed by atoms with Gasteiger partial charge in [-0.2, -0.15) is 0 Å². The molecule has 19 heteroatoms. The molecule has 0 bridgehead atoms. The number of rotatable bonds is 67. The van der Waals surface area contributed by atoms with Gasteiger partial charge in [0.25, 0.3) is 0 Å². The number of amides is 1. The van der Waals surface area contributed by atoms with Crippen LogP contribution in [-0.4, -0.2) is 193 Å². The molecule has 0 aromatic carbocycles. The molecule has 19 nitrogen and oxygen atoms in total. The number of hydrogen-bond acceptors (Lipinski definition) is 18. The number of nitrogens with one attached hydrogen (secondary N) is 1. The van der Waals surface area contributed by atoms with Crippen molar-refractivity contribution in [1.82, 2.24) is 5.32 Å². The molecule has 3 aliphatic rings. The van der Waals surface area contributed by atoms with Gasteiger partial charge in [0.05, 0.1) is 38.6 Å². The summed E-state index contributed by atoms with van der Waals surface area (Å²) < 4.78 is 34.5. The summed E-state index contributed by atoms with van der Waals surface area (Å²) in [6.07, 6.45) is 43.9. The average Bonchev–Trinajstić information content (AvgIpc) is 0.785. The molecule has 17 atom stereocenters. The van der Waals surface area contributed by atoms with Crippen molar-refractivity contribution in [1.29, 1.82) is 0 Å². The summed E-state index contributed by atoms with van der Waals surface area (Å²) in [5.74, 6) is -0.234. The van der Waals surface area contributed by atoms with E-state index in [1.165, 1.54) is 289 Å². The van der Waals surface area contributed by atoms with Gasteiger partial charge in [0.1, 0.15) is 73.2 Å². The smallest absolute Gasteiger partial charge is 0.220 e. The van der Waals surface area contributed by atoms with Crippen molar-refractivity contribution in [2.24, 2.45) is 0 Å². The molecule has 3 saturated heterocycles. The fourth-order valence-electron chi connectivity index (χ4n) is 14.6. The zero-order chi connectivity index (χ0) is 71.1. The maximum Gasteiger partial charge on any atom is 0.220 e. The maximum absolute atomic E-state index is 13.5. The minimum Gasteiger partial charge on any atom is -0.394 e. The number of ether oxygens (including phenoxy) is 6. The van der Waals surface area contributed by atoms with E-state index in [1.54, 1.807) is 0 Å². The van der Waals surface area contributed by atoms with E-state index in [0.29, 0.717) is 12.8 Å². The molecule has 0 aliphatic carbocycles. The van der Waals surface area contributed by atoms with Crippen molar-refractivity contribution in [3.05, 3.63) is 0 Å². The van der Waals surface area contributed by atoms with Gasteiger partial charge in [-0.15, -0.1) is 0 Å². The van der Waals surface area contributed by atoms with Crippen molar-refractivity contribution in [3.8, 4) is 0 Å². The second-order valence-electron chi connectivity index (χ2n) is 30.0. The van der Waals surface area contributed by atoms with Crippen LogP contribution in [-0.2, 0) is 33.2 Å². The van der Waals surface area contributed by atoms with E-state index in [9.17, 15) is 61.0 Å². The van der Waals surface area contributed by atoms with E-state index in [1.807, 2.05) is 0 Å². The first-order chi connectivity index (χ1) is 47.8. The third-order valence-corrected chi connectivity index (χ3v) is 21.2. The fourth-order valence-corrected chi connectivity index (χ4v) is 14.6. The summed E-state index contributed by atoms with van der Waals surface area (Å²) in [5.41, 5.74) is 0. The van der Waals surface area contributed by atoms with E-state index in [-0.39, 0.29) is 18.9 Å². The predicted octanol–water partition coefficient (Wildman–Crippen LogP) is 13.8. The summed E-state index contributed by atoms with van der Waals surface area (Å²) in [6.45, 7) is 1.85. The van der Waals surface area contributed by atoms with Crippen LogP contribution in [0.3, 0.4) is 0 Å². The van der Waals surface area contributed by atoms with Crippen molar-refractivity contribution in [2.45, 2.75) is 471 Å². The van der Waals surface area contributed by atoms with Gasteiger partial charge in [-0.05, 0) is 12.8 Å². The van der Waals surface area contributed by atoms with E-state index in [0.717, 1.165) is 44.9 Å². The summed E-state index contributed by atoms with van der Waals surface area (Å²) in [6, 6.07) is -0.882. The van der Waals surface area contributed by atoms with Crippen LogP contribution in [0, 0.1) is 0 Å². The van der Waals surface area contributed by atoms with Crippen LogP contribution in [0.15, 0.2) is 0 Å². The van der Waals surface area contributed by atoms with Crippen LogP contribution in [0.2, 0.25) is 0 Å². The van der Waals surface area contributed by atoms with E-state index < -0.39 is 124 Å². The first-order valence-corrected chi connectivity index (χ1v) is 41.3. The zero-order valence-corrected chi connectivity index (χ0v) is 62.3. The first-order valence-electron chi connectivity index (χ1n) is 41.3. The molecule has 1 amide bonds. The minimum atomic E-state index is -1.97. The average molecular weight is 1410 g/mol. The van der Waals surface area contributed by atoms with Crippen molar-refractivity contribution >= 4 is 5.91 Å². The Hall–Kier alpha value is -1.21. The lowest BCUT2D eigenvalue weighted by Crippen LogP contribution is -2.66. The summed E-state index contributed by atoms with van der Waals surface area (Å²) in [7, 11) is 0. The standard InChI is InChI=1S/C79H153NO18/c1-3-5-7-9-11-13-15-17-18-19-20-21-22-23-24-25-26-27-28-29-30-31-32-33-34-35-36-37-38-39-40-41-42-43-45-47-49-51-53-55-57-67(85)80-62(63(84)56-54-52-50-48-46-44-16-14-12-10-8-6-4-2)61-93-77-73(91)70(88)75(65(59-82)95-77)98-79-74(92)71(89)76(66(60-83)96-79)97-78-72(90)69(87)68(86)64(58-81)94-78/h62-66,68-79,81-84,86-92H,3-61H2,1-2H3,(H,80,85). The minimum absolute atomic E-state index is 0.234. The Morgan fingerprint density at radius 2 is 0.582 bits per heavy atom. The Morgan fingerprint density at radius 1 is 0.327 bits per heavy atom. The highest BCUT2D eigenvalue weighted by Gasteiger charge is 2.54. The fraction of sp³-hybridized carbons (Fsp3) is 0.987. The Labute approximate surface area is 595 Å². The van der Waals surface area contributed by atoms with Gasteiger partial charge in [0.2, 0.25) is 5.91 Å². The second-order valence-corrected chi connectivity index (χ2v) is 30.0. The monoisotopic (exact) mass is 1400 g/mol. The topological polar surface area (TPSA) is 307 Å². The summed E-state index contributed by atoms with van der Waals surface area (Å²) >= 11 is 0. The molecule has 3 rings (SSSR count). The molecule has 3 heterocycles. The Morgan fingerprint density at radius 3 is 0.888 bits per heavy atom. The van der Waals surface area contributed by atoms with Gasteiger partial charge in [-0.25, -0.2) is 0 Å². The molecular weight excluding hydrogens is 1250 g/mol. The largest absolute Gasteiger partial charge is 0.394 e. The Kier molecular flexibility index (Phi) is 56.6. The SMILES string of the molecule is CCCCCCCCCCCCCCCCCCCCCCCCCCCCCCCCCCCCCCCCCCC(=O)NC(COC1OC(CO)C(OC2OC(CO)C(OC3OC(CO)C(O)C(O)C3O)C(O)C2O)C(O)C1O)C(O)CCCCCCCCCCCCCCC. The van der Waals surface area contributed by atoms with Crippen LogP contribution in [0.4, 0.5) is 0 Å². The van der Waals surface area contributed by atoms with E-state index >= 15 is 0 Å². The highest BCUT2D eigenvalue weighted by atomic mass is 16.8. The third kappa shape index (κ3) is 40.9. The molecule has 17 unspecified atom stereocenters. The van der Waals surface area contributed by atoms with Crippen molar-refractivity contribution in [3.63, 3.8) is 0 Å². The number of unbranched alkanes of at least 4 members (excludes halogenated alkanes) is 51.